The minimum atomic E-state index is -0.921. The quantitative estimate of drug-likeness (QED) is 0.661. The second-order valence-corrected chi connectivity index (χ2v) is 6.69. The summed E-state index contributed by atoms with van der Waals surface area (Å²) in [7, 11) is 3.10. The molecule has 8 nitrogen and oxygen atoms in total. The number of amides is 1. The van der Waals surface area contributed by atoms with Crippen LogP contribution in [0.3, 0.4) is 0 Å². The zero-order valence-corrected chi connectivity index (χ0v) is 17.2. The van der Waals surface area contributed by atoms with Crippen molar-refractivity contribution in [2.75, 3.05) is 27.4 Å². The SMILES string of the molecule is COc1ccc(CNC(=O)[C@@H](C)OC(=O)Cc2ccc3c(c2)OCCO3)cc1OC. The average Bonchev–Trinajstić information content (AvgIpc) is 2.76. The van der Waals surface area contributed by atoms with Crippen LogP contribution in [0, 0.1) is 0 Å². The molecule has 1 heterocycles. The van der Waals surface area contributed by atoms with E-state index in [9.17, 15) is 9.59 Å². The molecule has 1 N–H and O–H groups in total. The van der Waals surface area contributed by atoms with E-state index in [4.69, 9.17) is 23.7 Å². The second kappa shape index (κ2) is 9.87. The summed E-state index contributed by atoms with van der Waals surface area (Å²) in [5, 5.41) is 2.75. The number of benzene rings is 2. The molecular weight excluding hydrogens is 390 g/mol. The molecule has 3 rings (SSSR count). The van der Waals surface area contributed by atoms with E-state index in [0.29, 0.717) is 36.2 Å². The summed E-state index contributed by atoms with van der Waals surface area (Å²) < 4.78 is 26.7. The standard InChI is InChI=1S/C22H25NO7/c1-14(22(25)23-13-16-5-6-17(26-2)19(11-16)27-3)30-21(24)12-15-4-7-18-20(10-15)29-9-8-28-18/h4-7,10-11,14H,8-9,12-13H2,1-3H3,(H,23,25)/t14-/m1/s1. The van der Waals surface area contributed by atoms with Gasteiger partial charge in [0.1, 0.15) is 13.2 Å². The number of fused-ring (bicyclic) bond motifs is 1. The summed E-state index contributed by atoms with van der Waals surface area (Å²) in [6.07, 6.45) is -0.890. The predicted molar refractivity (Wildman–Crippen MR) is 108 cm³/mol. The van der Waals surface area contributed by atoms with Gasteiger partial charge in [-0.05, 0) is 42.3 Å². The van der Waals surface area contributed by atoms with E-state index in [-0.39, 0.29) is 18.9 Å². The van der Waals surface area contributed by atoms with Crippen molar-refractivity contribution in [2.45, 2.75) is 26.0 Å². The highest BCUT2D eigenvalue weighted by Crippen LogP contribution is 2.31. The van der Waals surface area contributed by atoms with Crippen LogP contribution in [0.25, 0.3) is 0 Å². The Morgan fingerprint density at radius 2 is 1.67 bits per heavy atom. The van der Waals surface area contributed by atoms with Crippen LogP contribution in [-0.2, 0) is 27.3 Å². The lowest BCUT2D eigenvalue weighted by Crippen LogP contribution is -2.35. The monoisotopic (exact) mass is 415 g/mol. The van der Waals surface area contributed by atoms with Gasteiger partial charge in [-0.25, -0.2) is 0 Å². The Morgan fingerprint density at radius 1 is 0.967 bits per heavy atom. The highest BCUT2D eigenvalue weighted by Gasteiger charge is 2.19. The number of methoxy groups -OCH3 is 2. The van der Waals surface area contributed by atoms with Gasteiger partial charge in [0.25, 0.3) is 5.91 Å². The molecule has 0 unspecified atom stereocenters. The molecule has 0 aromatic heterocycles. The van der Waals surface area contributed by atoms with E-state index in [1.54, 1.807) is 44.6 Å². The third-order valence-corrected chi connectivity index (χ3v) is 4.55. The summed E-state index contributed by atoms with van der Waals surface area (Å²) in [5.74, 6) is 1.55. The smallest absolute Gasteiger partial charge is 0.311 e. The van der Waals surface area contributed by atoms with Gasteiger partial charge in [-0.15, -0.1) is 0 Å². The Hall–Kier alpha value is -3.42. The van der Waals surface area contributed by atoms with Crippen molar-refractivity contribution >= 4 is 11.9 Å². The van der Waals surface area contributed by atoms with E-state index < -0.39 is 12.1 Å². The normalized spacial score (nSPS) is 13.2. The molecule has 1 aliphatic heterocycles. The summed E-state index contributed by atoms with van der Waals surface area (Å²) in [5.41, 5.74) is 1.55. The van der Waals surface area contributed by atoms with Crippen molar-refractivity contribution in [1.29, 1.82) is 0 Å². The van der Waals surface area contributed by atoms with Crippen LogP contribution in [0.1, 0.15) is 18.1 Å². The third-order valence-electron chi connectivity index (χ3n) is 4.55. The van der Waals surface area contributed by atoms with Crippen LogP contribution >= 0.6 is 0 Å². The van der Waals surface area contributed by atoms with Crippen LogP contribution in [0.15, 0.2) is 36.4 Å². The van der Waals surface area contributed by atoms with Gasteiger partial charge in [-0.2, -0.15) is 0 Å². The van der Waals surface area contributed by atoms with Crippen molar-refractivity contribution in [3.8, 4) is 23.0 Å². The molecule has 30 heavy (non-hydrogen) atoms. The van der Waals surface area contributed by atoms with Crippen LogP contribution in [0.4, 0.5) is 0 Å². The van der Waals surface area contributed by atoms with Crippen LogP contribution in [0.2, 0.25) is 0 Å². The molecule has 0 bridgehead atoms. The molecular formula is C22H25NO7. The minimum absolute atomic E-state index is 0.0317. The van der Waals surface area contributed by atoms with Crippen molar-refractivity contribution in [2.24, 2.45) is 0 Å². The molecule has 0 saturated heterocycles. The Labute approximate surface area is 175 Å². The van der Waals surface area contributed by atoms with Crippen LogP contribution in [-0.4, -0.2) is 45.4 Å². The number of rotatable bonds is 8. The van der Waals surface area contributed by atoms with Gasteiger partial charge >= 0.3 is 5.97 Å². The zero-order valence-electron chi connectivity index (χ0n) is 17.2. The molecule has 0 aliphatic carbocycles. The Morgan fingerprint density at radius 3 is 2.40 bits per heavy atom. The fraction of sp³-hybridized carbons (Fsp3) is 0.364. The fourth-order valence-corrected chi connectivity index (χ4v) is 2.98. The number of nitrogens with one attached hydrogen (secondary N) is 1. The zero-order chi connectivity index (χ0) is 21.5. The lowest BCUT2D eigenvalue weighted by atomic mass is 10.1. The molecule has 0 saturated carbocycles. The predicted octanol–water partition coefficient (Wildman–Crippen LogP) is 2.27. The van der Waals surface area contributed by atoms with Crippen LogP contribution in [0.5, 0.6) is 23.0 Å². The molecule has 8 heteroatoms. The molecule has 0 radical (unpaired) electrons. The first-order valence-corrected chi connectivity index (χ1v) is 9.56. The van der Waals surface area contributed by atoms with E-state index in [0.717, 1.165) is 11.1 Å². The topological polar surface area (TPSA) is 92.3 Å². The van der Waals surface area contributed by atoms with E-state index in [2.05, 4.69) is 5.32 Å². The van der Waals surface area contributed by atoms with Gasteiger partial charge in [0.15, 0.2) is 29.1 Å². The fourth-order valence-electron chi connectivity index (χ4n) is 2.98. The molecule has 160 valence electrons. The third kappa shape index (κ3) is 5.34. The largest absolute Gasteiger partial charge is 0.493 e. The van der Waals surface area contributed by atoms with E-state index in [1.165, 1.54) is 6.92 Å². The summed E-state index contributed by atoms with van der Waals surface area (Å²) in [6.45, 7) is 2.78. The van der Waals surface area contributed by atoms with Crippen molar-refractivity contribution < 1.29 is 33.3 Å². The van der Waals surface area contributed by atoms with Crippen molar-refractivity contribution in [3.63, 3.8) is 0 Å². The lowest BCUT2D eigenvalue weighted by Gasteiger charge is -2.19. The summed E-state index contributed by atoms with van der Waals surface area (Å²) >= 11 is 0. The highest BCUT2D eigenvalue weighted by molar-refractivity contribution is 5.84. The first kappa shape index (κ1) is 21.3. The molecule has 2 aromatic rings. The summed E-state index contributed by atoms with van der Waals surface area (Å²) in [4.78, 5) is 24.5. The summed E-state index contributed by atoms with van der Waals surface area (Å²) in [6, 6.07) is 10.6. The Bertz CT molecular complexity index is 912. The number of carbonyl (C=O) groups is 2. The average molecular weight is 415 g/mol. The molecule has 1 atom stereocenters. The van der Waals surface area contributed by atoms with E-state index in [1.807, 2.05) is 6.07 Å². The molecule has 2 aromatic carbocycles. The van der Waals surface area contributed by atoms with Gasteiger partial charge in [-0.1, -0.05) is 12.1 Å². The molecule has 1 amide bonds. The highest BCUT2D eigenvalue weighted by atomic mass is 16.6. The van der Waals surface area contributed by atoms with Gasteiger partial charge in [0.05, 0.1) is 20.6 Å². The van der Waals surface area contributed by atoms with Crippen molar-refractivity contribution in [3.05, 3.63) is 47.5 Å². The maximum atomic E-state index is 12.3. The maximum absolute atomic E-state index is 12.3. The molecule has 1 aliphatic rings. The number of ether oxygens (including phenoxy) is 5. The number of hydrogen-bond donors (Lipinski definition) is 1. The number of hydrogen-bond acceptors (Lipinski definition) is 7. The number of carbonyl (C=O) groups excluding carboxylic acids is 2. The Balaban J connectivity index is 1.49. The Kier molecular flexibility index (Phi) is 7.00. The van der Waals surface area contributed by atoms with Gasteiger partial charge < -0.3 is 29.0 Å². The maximum Gasteiger partial charge on any atom is 0.311 e. The molecule has 0 fully saturated rings. The lowest BCUT2D eigenvalue weighted by molar-refractivity contribution is -0.154. The first-order chi connectivity index (χ1) is 14.5. The van der Waals surface area contributed by atoms with Crippen LogP contribution < -0.4 is 24.3 Å². The first-order valence-electron chi connectivity index (χ1n) is 9.56. The van der Waals surface area contributed by atoms with E-state index >= 15 is 0 Å². The van der Waals surface area contributed by atoms with Gasteiger partial charge in [-0.3, -0.25) is 9.59 Å². The number of esters is 1. The van der Waals surface area contributed by atoms with Gasteiger partial charge in [0, 0.05) is 6.54 Å². The van der Waals surface area contributed by atoms with Crippen molar-refractivity contribution in [1.82, 2.24) is 5.32 Å². The minimum Gasteiger partial charge on any atom is -0.493 e. The molecule has 0 spiro atoms. The second-order valence-electron chi connectivity index (χ2n) is 6.69. The van der Waals surface area contributed by atoms with Gasteiger partial charge in [0.2, 0.25) is 0 Å².